The molecule has 0 bridgehead atoms. The molecule has 4 heteroatoms. The van der Waals surface area contributed by atoms with Gasteiger partial charge in [-0.05, 0) is 45.4 Å². The molecule has 0 fully saturated rings. The van der Waals surface area contributed by atoms with Crippen LogP contribution in [0.1, 0.15) is 34.6 Å². The van der Waals surface area contributed by atoms with Crippen molar-refractivity contribution >= 4 is 11.7 Å². The van der Waals surface area contributed by atoms with Crippen molar-refractivity contribution in [1.82, 2.24) is 4.90 Å². The van der Waals surface area contributed by atoms with Crippen LogP contribution in [0.3, 0.4) is 0 Å². The van der Waals surface area contributed by atoms with E-state index < -0.39 is 0 Å². The number of nitrogens with zero attached hydrogens (tertiary/aromatic N) is 2. The Kier molecular flexibility index (Phi) is 8.53. The maximum absolute atomic E-state index is 12.1. The quantitative estimate of drug-likeness (QED) is 0.317. The Hall–Kier alpha value is -2.36. The normalized spacial score (nSPS) is 13.3. The second-order valence-corrected chi connectivity index (χ2v) is 4.82. The van der Waals surface area contributed by atoms with Gasteiger partial charge in [0.2, 0.25) is 5.91 Å². The molecule has 0 atom stereocenters. The van der Waals surface area contributed by atoms with Crippen molar-refractivity contribution < 1.29 is 9.53 Å². The molecule has 0 radical (unpaired) electrons. The van der Waals surface area contributed by atoms with E-state index in [1.165, 1.54) is 11.8 Å². The van der Waals surface area contributed by atoms with Crippen LogP contribution in [0.2, 0.25) is 0 Å². The Bertz CT molecular complexity index is 564. The standard InChI is InChI=1S/C18H26N2O2/c1-9-10-11-18(12-14(4)22-8)20(17(7)21)16(6)19-15(5)13(2)3/h9-12H,2,5H2,1,3-4,6-8H3/b10-9+,14-12+,18-11+,19-16?. The average Bonchev–Trinajstić information content (AvgIpc) is 2.43. The number of methoxy groups -OCH3 is 1. The fraction of sp³-hybridized carbons (Fsp3) is 0.333. The highest BCUT2D eigenvalue weighted by Crippen LogP contribution is 2.15. The summed E-state index contributed by atoms with van der Waals surface area (Å²) >= 11 is 0. The van der Waals surface area contributed by atoms with Gasteiger partial charge in [0.05, 0.1) is 24.3 Å². The van der Waals surface area contributed by atoms with Crippen LogP contribution >= 0.6 is 0 Å². The van der Waals surface area contributed by atoms with Crippen molar-refractivity contribution in [3.05, 3.63) is 60.2 Å². The van der Waals surface area contributed by atoms with Crippen molar-refractivity contribution in [2.24, 2.45) is 4.99 Å². The summed E-state index contributed by atoms with van der Waals surface area (Å²) in [5, 5.41) is 0. The van der Waals surface area contributed by atoms with Crippen LogP contribution in [0.4, 0.5) is 0 Å². The zero-order valence-electron chi connectivity index (χ0n) is 14.4. The molecule has 0 rings (SSSR count). The Morgan fingerprint density at radius 3 is 2.18 bits per heavy atom. The highest BCUT2D eigenvalue weighted by Gasteiger charge is 2.16. The number of hydrogen-bond donors (Lipinski definition) is 0. The summed E-state index contributed by atoms with van der Waals surface area (Å²) in [5.74, 6) is 1.07. The van der Waals surface area contributed by atoms with E-state index in [4.69, 9.17) is 4.74 Å². The molecule has 0 spiro atoms. The molecule has 0 aliphatic heterocycles. The lowest BCUT2D eigenvalue weighted by atomic mass is 10.2. The number of allylic oxidation sites excluding steroid dienone is 6. The van der Waals surface area contributed by atoms with Crippen LogP contribution in [0.25, 0.3) is 0 Å². The Balaban J connectivity index is 5.91. The summed E-state index contributed by atoms with van der Waals surface area (Å²) in [6.45, 7) is 16.4. The van der Waals surface area contributed by atoms with E-state index in [-0.39, 0.29) is 5.91 Å². The van der Waals surface area contributed by atoms with Crippen LogP contribution in [0.5, 0.6) is 0 Å². The second-order valence-electron chi connectivity index (χ2n) is 4.82. The first-order valence-corrected chi connectivity index (χ1v) is 7.00. The van der Waals surface area contributed by atoms with Gasteiger partial charge in [-0.3, -0.25) is 9.69 Å². The van der Waals surface area contributed by atoms with E-state index in [0.29, 0.717) is 23.0 Å². The summed E-state index contributed by atoms with van der Waals surface area (Å²) in [6, 6.07) is 0. The molecular formula is C18H26N2O2. The number of hydrogen-bond acceptors (Lipinski definition) is 3. The number of aliphatic imine (C=N–C) groups is 1. The largest absolute Gasteiger partial charge is 0.501 e. The molecule has 0 saturated carbocycles. The number of carbonyl (C=O) groups is 1. The summed E-state index contributed by atoms with van der Waals surface area (Å²) in [7, 11) is 1.58. The Morgan fingerprint density at radius 2 is 1.77 bits per heavy atom. The molecule has 0 aliphatic rings. The molecule has 0 unspecified atom stereocenters. The van der Waals surface area contributed by atoms with E-state index >= 15 is 0 Å². The van der Waals surface area contributed by atoms with Crippen LogP contribution in [0, 0.1) is 0 Å². The molecule has 0 aromatic rings. The molecule has 1 amide bonds. The first-order valence-electron chi connectivity index (χ1n) is 7.00. The third-order valence-electron chi connectivity index (χ3n) is 2.82. The van der Waals surface area contributed by atoms with Crippen molar-refractivity contribution in [3.8, 4) is 0 Å². The second kappa shape index (κ2) is 9.55. The minimum atomic E-state index is -0.147. The predicted octanol–water partition coefficient (Wildman–Crippen LogP) is 4.35. The lowest BCUT2D eigenvalue weighted by Gasteiger charge is -2.22. The summed E-state index contributed by atoms with van der Waals surface area (Å²) in [6.07, 6.45) is 7.34. The SMILES string of the molecule is C=C(C)C(=C)N=C(C)N(C(C)=O)C(/C=C(\C)OC)=C/C=C/C. The van der Waals surface area contributed by atoms with Crippen LogP contribution in [0.15, 0.2) is 65.2 Å². The molecule has 0 N–H and O–H groups in total. The minimum absolute atomic E-state index is 0.147. The van der Waals surface area contributed by atoms with Gasteiger partial charge in [0.15, 0.2) is 0 Å². The third kappa shape index (κ3) is 6.39. The topological polar surface area (TPSA) is 41.9 Å². The molecule has 4 nitrogen and oxygen atoms in total. The Labute approximate surface area is 133 Å². The molecule has 0 aliphatic carbocycles. The zero-order valence-corrected chi connectivity index (χ0v) is 14.4. The minimum Gasteiger partial charge on any atom is -0.501 e. The van der Waals surface area contributed by atoms with E-state index in [0.717, 1.165) is 5.57 Å². The number of rotatable bonds is 6. The van der Waals surface area contributed by atoms with Gasteiger partial charge < -0.3 is 4.74 Å². The summed E-state index contributed by atoms with van der Waals surface area (Å²) in [4.78, 5) is 17.9. The fourth-order valence-corrected chi connectivity index (χ4v) is 1.59. The van der Waals surface area contributed by atoms with Crippen LogP contribution in [-0.2, 0) is 9.53 Å². The van der Waals surface area contributed by atoms with E-state index in [2.05, 4.69) is 18.2 Å². The molecule has 0 aromatic carbocycles. The van der Waals surface area contributed by atoms with Gasteiger partial charge in [-0.25, -0.2) is 4.99 Å². The van der Waals surface area contributed by atoms with Crippen molar-refractivity contribution in [3.63, 3.8) is 0 Å². The zero-order chi connectivity index (χ0) is 17.3. The van der Waals surface area contributed by atoms with E-state index in [1.807, 2.05) is 39.0 Å². The van der Waals surface area contributed by atoms with Crippen molar-refractivity contribution in [1.29, 1.82) is 0 Å². The van der Waals surface area contributed by atoms with Crippen molar-refractivity contribution in [2.45, 2.75) is 34.6 Å². The fourth-order valence-electron chi connectivity index (χ4n) is 1.59. The third-order valence-corrected chi connectivity index (χ3v) is 2.82. The van der Waals surface area contributed by atoms with Gasteiger partial charge in [0.1, 0.15) is 5.84 Å². The van der Waals surface area contributed by atoms with Gasteiger partial charge in [-0.1, -0.05) is 25.3 Å². The molecule has 0 heterocycles. The number of ether oxygens (including phenoxy) is 1. The molecule has 0 aromatic heterocycles. The number of amidine groups is 1. The van der Waals surface area contributed by atoms with Crippen LogP contribution < -0.4 is 0 Å². The number of amides is 1. The van der Waals surface area contributed by atoms with Gasteiger partial charge in [0, 0.05) is 6.92 Å². The first-order chi connectivity index (χ1) is 10.2. The van der Waals surface area contributed by atoms with E-state index in [1.54, 1.807) is 20.1 Å². The average molecular weight is 302 g/mol. The maximum atomic E-state index is 12.1. The first kappa shape index (κ1) is 19.6. The lowest BCUT2D eigenvalue weighted by molar-refractivity contribution is -0.123. The highest BCUT2D eigenvalue weighted by atomic mass is 16.5. The molecular weight excluding hydrogens is 276 g/mol. The van der Waals surface area contributed by atoms with Gasteiger partial charge >= 0.3 is 0 Å². The monoisotopic (exact) mass is 302 g/mol. The smallest absolute Gasteiger partial charge is 0.229 e. The molecule has 0 saturated heterocycles. The molecule has 22 heavy (non-hydrogen) atoms. The van der Waals surface area contributed by atoms with Crippen LogP contribution in [-0.4, -0.2) is 23.8 Å². The highest BCUT2D eigenvalue weighted by molar-refractivity contribution is 5.99. The maximum Gasteiger partial charge on any atom is 0.229 e. The Morgan fingerprint density at radius 1 is 1.18 bits per heavy atom. The van der Waals surface area contributed by atoms with Gasteiger partial charge in [-0.15, -0.1) is 0 Å². The molecule has 120 valence electrons. The lowest BCUT2D eigenvalue weighted by Crippen LogP contribution is -2.32. The van der Waals surface area contributed by atoms with Crippen molar-refractivity contribution in [2.75, 3.05) is 7.11 Å². The number of carbonyl (C=O) groups excluding carboxylic acids is 1. The summed E-state index contributed by atoms with van der Waals surface area (Å²) in [5.41, 5.74) is 1.97. The van der Waals surface area contributed by atoms with Gasteiger partial charge in [-0.2, -0.15) is 0 Å². The van der Waals surface area contributed by atoms with Gasteiger partial charge in [0.25, 0.3) is 0 Å². The summed E-state index contributed by atoms with van der Waals surface area (Å²) < 4.78 is 5.18. The van der Waals surface area contributed by atoms with E-state index in [9.17, 15) is 4.79 Å². The predicted molar refractivity (Wildman–Crippen MR) is 93.2 cm³/mol.